The second-order valence-corrected chi connectivity index (χ2v) is 6.28. The van der Waals surface area contributed by atoms with Crippen LogP contribution in [0.15, 0.2) is 43.0 Å². The van der Waals surface area contributed by atoms with Crippen molar-refractivity contribution in [3.63, 3.8) is 0 Å². The minimum absolute atomic E-state index is 0.400. The summed E-state index contributed by atoms with van der Waals surface area (Å²) < 4.78 is 2.03. The van der Waals surface area contributed by atoms with Gasteiger partial charge in [-0.05, 0) is 50.3 Å². The Morgan fingerprint density at radius 2 is 1.86 bits per heavy atom. The monoisotopic (exact) mass is 283 g/mol. The van der Waals surface area contributed by atoms with Crippen LogP contribution in [0.5, 0.6) is 0 Å². The Kier molecular flexibility index (Phi) is 4.39. The van der Waals surface area contributed by atoms with Gasteiger partial charge in [0.05, 0.1) is 6.33 Å². The van der Waals surface area contributed by atoms with Gasteiger partial charge in [0.15, 0.2) is 0 Å². The lowest BCUT2D eigenvalue weighted by molar-refractivity contribution is 0.352. The average molecular weight is 283 g/mol. The standard InChI is InChI=1S/C18H25N3/c1-14(16-5-3-4-6-16)20-15(2)17-7-9-18(10-8-17)21-12-11-19-13-21/h7-16,20H,3-6H2,1-2H3. The Balaban J connectivity index is 1.63. The van der Waals surface area contributed by atoms with Crippen LogP contribution in [0, 0.1) is 5.92 Å². The van der Waals surface area contributed by atoms with Crippen LogP contribution in [0.2, 0.25) is 0 Å². The summed E-state index contributed by atoms with van der Waals surface area (Å²) in [6, 6.07) is 9.77. The Hall–Kier alpha value is -1.61. The van der Waals surface area contributed by atoms with Gasteiger partial charge in [-0.3, -0.25) is 0 Å². The van der Waals surface area contributed by atoms with Crippen molar-refractivity contribution in [2.45, 2.75) is 51.6 Å². The maximum atomic E-state index is 4.09. The summed E-state index contributed by atoms with van der Waals surface area (Å²) in [5.74, 6) is 0.859. The van der Waals surface area contributed by atoms with E-state index in [2.05, 4.69) is 48.4 Å². The molecule has 0 bridgehead atoms. The predicted octanol–water partition coefficient (Wildman–Crippen LogP) is 4.10. The Labute approximate surface area is 127 Å². The number of nitrogens with zero attached hydrogens (tertiary/aromatic N) is 2. The fourth-order valence-electron chi connectivity index (χ4n) is 3.43. The van der Waals surface area contributed by atoms with Crippen molar-refractivity contribution in [1.82, 2.24) is 14.9 Å². The first-order chi connectivity index (χ1) is 10.2. The summed E-state index contributed by atoms with van der Waals surface area (Å²) >= 11 is 0. The summed E-state index contributed by atoms with van der Waals surface area (Å²) in [5.41, 5.74) is 2.51. The van der Waals surface area contributed by atoms with Crippen molar-refractivity contribution in [1.29, 1.82) is 0 Å². The third-order valence-corrected chi connectivity index (χ3v) is 4.82. The first kappa shape index (κ1) is 14.3. The highest BCUT2D eigenvalue weighted by molar-refractivity contribution is 5.35. The number of benzene rings is 1. The number of hydrogen-bond donors (Lipinski definition) is 1. The van der Waals surface area contributed by atoms with Gasteiger partial charge in [-0.25, -0.2) is 4.98 Å². The van der Waals surface area contributed by atoms with E-state index in [0.29, 0.717) is 12.1 Å². The highest BCUT2D eigenvalue weighted by Gasteiger charge is 2.22. The third-order valence-electron chi connectivity index (χ3n) is 4.82. The lowest BCUT2D eigenvalue weighted by Crippen LogP contribution is -2.34. The van der Waals surface area contributed by atoms with Crippen LogP contribution in [0.25, 0.3) is 5.69 Å². The van der Waals surface area contributed by atoms with Crippen LogP contribution in [-0.2, 0) is 0 Å². The van der Waals surface area contributed by atoms with Crippen molar-refractivity contribution in [2.24, 2.45) is 5.92 Å². The molecule has 2 atom stereocenters. The SMILES string of the molecule is CC(NC(C)C1CCCC1)c1ccc(-n2ccnc2)cc1. The molecule has 3 heteroatoms. The number of aromatic nitrogens is 2. The van der Waals surface area contributed by atoms with E-state index < -0.39 is 0 Å². The molecule has 0 amide bonds. The van der Waals surface area contributed by atoms with Gasteiger partial charge < -0.3 is 9.88 Å². The topological polar surface area (TPSA) is 29.9 Å². The molecule has 1 fully saturated rings. The summed E-state index contributed by atoms with van der Waals surface area (Å²) in [6.45, 7) is 4.60. The van der Waals surface area contributed by atoms with Crippen molar-refractivity contribution in [3.8, 4) is 5.69 Å². The zero-order chi connectivity index (χ0) is 14.7. The zero-order valence-electron chi connectivity index (χ0n) is 13.0. The molecule has 2 unspecified atom stereocenters. The van der Waals surface area contributed by atoms with Crippen LogP contribution in [-0.4, -0.2) is 15.6 Å². The van der Waals surface area contributed by atoms with Gasteiger partial charge in [0.25, 0.3) is 0 Å². The van der Waals surface area contributed by atoms with Crippen LogP contribution < -0.4 is 5.32 Å². The summed E-state index contributed by atoms with van der Waals surface area (Å²) in [5, 5.41) is 3.77. The molecule has 0 aliphatic heterocycles. The van der Waals surface area contributed by atoms with E-state index in [4.69, 9.17) is 0 Å². The molecule has 1 heterocycles. The van der Waals surface area contributed by atoms with Crippen molar-refractivity contribution in [2.75, 3.05) is 0 Å². The van der Waals surface area contributed by atoms with Crippen molar-refractivity contribution >= 4 is 0 Å². The molecule has 1 aromatic heterocycles. The molecule has 1 aliphatic rings. The molecule has 1 aliphatic carbocycles. The van der Waals surface area contributed by atoms with Crippen molar-refractivity contribution < 1.29 is 0 Å². The van der Waals surface area contributed by atoms with E-state index in [9.17, 15) is 0 Å². The van der Waals surface area contributed by atoms with E-state index in [1.807, 2.05) is 17.1 Å². The molecular formula is C18H25N3. The van der Waals surface area contributed by atoms with Gasteiger partial charge in [-0.2, -0.15) is 0 Å². The van der Waals surface area contributed by atoms with Crippen LogP contribution in [0.1, 0.15) is 51.1 Å². The largest absolute Gasteiger partial charge is 0.307 e. The van der Waals surface area contributed by atoms with E-state index >= 15 is 0 Å². The van der Waals surface area contributed by atoms with Crippen LogP contribution in [0.4, 0.5) is 0 Å². The number of imidazole rings is 1. The minimum atomic E-state index is 0.400. The molecule has 21 heavy (non-hydrogen) atoms. The lowest BCUT2D eigenvalue weighted by atomic mass is 9.98. The molecule has 0 radical (unpaired) electrons. The van der Waals surface area contributed by atoms with E-state index in [-0.39, 0.29) is 0 Å². The second kappa shape index (κ2) is 6.44. The molecular weight excluding hydrogens is 258 g/mol. The molecule has 3 nitrogen and oxygen atoms in total. The summed E-state index contributed by atoms with van der Waals surface area (Å²) in [6.07, 6.45) is 11.2. The number of hydrogen-bond acceptors (Lipinski definition) is 2. The number of nitrogens with one attached hydrogen (secondary N) is 1. The molecule has 3 rings (SSSR count). The zero-order valence-corrected chi connectivity index (χ0v) is 13.0. The van der Waals surface area contributed by atoms with E-state index in [1.54, 1.807) is 6.20 Å². The fraction of sp³-hybridized carbons (Fsp3) is 0.500. The Bertz CT molecular complexity index is 538. The molecule has 2 aromatic rings. The normalized spacial score (nSPS) is 18.8. The van der Waals surface area contributed by atoms with Crippen LogP contribution in [0.3, 0.4) is 0 Å². The average Bonchev–Trinajstić information content (AvgIpc) is 3.20. The second-order valence-electron chi connectivity index (χ2n) is 6.28. The van der Waals surface area contributed by atoms with Crippen molar-refractivity contribution in [3.05, 3.63) is 48.5 Å². The lowest BCUT2D eigenvalue weighted by Gasteiger charge is -2.25. The predicted molar refractivity (Wildman–Crippen MR) is 86.5 cm³/mol. The van der Waals surface area contributed by atoms with Gasteiger partial charge in [-0.15, -0.1) is 0 Å². The van der Waals surface area contributed by atoms with Gasteiger partial charge in [-0.1, -0.05) is 25.0 Å². The third kappa shape index (κ3) is 3.35. The molecule has 0 saturated heterocycles. The summed E-state index contributed by atoms with van der Waals surface area (Å²) in [7, 11) is 0. The minimum Gasteiger partial charge on any atom is -0.307 e. The van der Waals surface area contributed by atoms with Gasteiger partial charge in [0.1, 0.15) is 0 Å². The summed E-state index contributed by atoms with van der Waals surface area (Å²) in [4.78, 5) is 4.09. The van der Waals surface area contributed by atoms with Gasteiger partial charge in [0, 0.05) is 30.2 Å². The van der Waals surface area contributed by atoms with Crippen LogP contribution >= 0.6 is 0 Å². The molecule has 112 valence electrons. The first-order valence-electron chi connectivity index (χ1n) is 8.08. The highest BCUT2D eigenvalue weighted by atomic mass is 15.0. The maximum Gasteiger partial charge on any atom is 0.0991 e. The quantitative estimate of drug-likeness (QED) is 0.895. The van der Waals surface area contributed by atoms with Gasteiger partial charge in [0.2, 0.25) is 0 Å². The smallest absolute Gasteiger partial charge is 0.0991 e. The Morgan fingerprint density at radius 1 is 1.14 bits per heavy atom. The van der Waals surface area contributed by atoms with E-state index in [1.165, 1.54) is 31.2 Å². The molecule has 1 N–H and O–H groups in total. The van der Waals surface area contributed by atoms with Gasteiger partial charge >= 0.3 is 0 Å². The Morgan fingerprint density at radius 3 is 2.48 bits per heavy atom. The molecule has 1 aromatic carbocycles. The fourth-order valence-corrected chi connectivity index (χ4v) is 3.43. The molecule has 1 saturated carbocycles. The maximum absolute atomic E-state index is 4.09. The number of rotatable bonds is 5. The first-order valence-corrected chi connectivity index (χ1v) is 8.08. The highest BCUT2D eigenvalue weighted by Crippen LogP contribution is 2.28. The molecule has 0 spiro atoms. The van der Waals surface area contributed by atoms with E-state index in [0.717, 1.165) is 11.6 Å².